The minimum atomic E-state index is 0.383. The second kappa shape index (κ2) is 8.26. The lowest BCUT2D eigenvalue weighted by atomic mass is 10.1. The summed E-state index contributed by atoms with van der Waals surface area (Å²) in [6, 6.07) is 0.766. The quantitative estimate of drug-likeness (QED) is 0.603. The first kappa shape index (κ1) is 13.1. The Morgan fingerprint density at radius 1 is 0.812 bits per heavy atom. The molecule has 2 unspecified atom stereocenters. The molecule has 16 heavy (non-hydrogen) atoms. The number of hydrogen-bond donors (Lipinski definition) is 0. The van der Waals surface area contributed by atoms with E-state index in [-0.39, 0.29) is 0 Å². The molecule has 1 rings (SSSR count). The zero-order valence-corrected chi connectivity index (χ0v) is 10.6. The SMILES string of the molecule is CCC1C/C=C/CC/C=C/CC(CC)/N=N/1. The summed E-state index contributed by atoms with van der Waals surface area (Å²) in [6.45, 7) is 4.37. The molecule has 0 aromatic carbocycles. The largest absolute Gasteiger partial charge is 0.190 e. The first-order valence-corrected chi connectivity index (χ1v) is 6.56. The maximum Gasteiger partial charge on any atom is 0.0740 e. The first-order valence-electron chi connectivity index (χ1n) is 6.56. The van der Waals surface area contributed by atoms with E-state index in [1.807, 2.05) is 0 Å². The standard InChI is InChI=1S/C14H24N2/c1-3-13-11-9-7-5-6-8-10-12-14(4-2)16-15-13/h7-10,13-14H,3-6,11-12H2,1-2H3/b9-7+,10-8+,16-15+. The van der Waals surface area contributed by atoms with E-state index >= 15 is 0 Å². The Kier molecular flexibility index (Phi) is 6.78. The van der Waals surface area contributed by atoms with Gasteiger partial charge in [0.1, 0.15) is 0 Å². The van der Waals surface area contributed by atoms with Gasteiger partial charge in [-0.1, -0.05) is 38.2 Å². The fourth-order valence-corrected chi connectivity index (χ4v) is 1.71. The van der Waals surface area contributed by atoms with Crippen molar-refractivity contribution in [1.29, 1.82) is 0 Å². The van der Waals surface area contributed by atoms with Crippen LogP contribution >= 0.6 is 0 Å². The highest BCUT2D eigenvalue weighted by Gasteiger charge is 2.05. The minimum absolute atomic E-state index is 0.383. The minimum Gasteiger partial charge on any atom is -0.190 e. The molecule has 0 N–H and O–H groups in total. The van der Waals surface area contributed by atoms with Crippen molar-refractivity contribution in [3.63, 3.8) is 0 Å². The van der Waals surface area contributed by atoms with Gasteiger partial charge in [-0.2, -0.15) is 10.2 Å². The van der Waals surface area contributed by atoms with E-state index in [0.29, 0.717) is 12.1 Å². The van der Waals surface area contributed by atoms with Gasteiger partial charge in [0.15, 0.2) is 0 Å². The first-order chi connectivity index (χ1) is 7.86. The molecule has 0 bridgehead atoms. The van der Waals surface area contributed by atoms with Crippen LogP contribution in [-0.4, -0.2) is 12.1 Å². The Balaban J connectivity index is 2.62. The number of allylic oxidation sites excluding steroid dienone is 2. The summed E-state index contributed by atoms with van der Waals surface area (Å²) in [6.07, 6.45) is 15.6. The van der Waals surface area contributed by atoms with Crippen LogP contribution in [0.5, 0.6) is 0 Å². The third kappa shape index (κ3) is 5.24. The monoisotopic (exact) mass is 220 g/mol. The average molecular weight is 220 g/mol. The zero-order chi connectivity index (χ0) is 11.6. The molecule has 0 saturated heterocycles. The Morgan fingerprint density at radius 2 is 1.25 bits per heavy atom. The molecule has 0 spiro atoms. The van der Waals surface area contributed by atoms with Crippen LogP contribution in [0.1, 0.15) is 52.4 Å². The zero-order valence-electron chi connectivity index (χ0n) is 10.6. The summed E-state index contributed by atoms with van der Waals surface area (Å²) in [5.74, 6) is 0. The Morgan fingerprint density at radius 3 is 1.62 bits per heavy atom. The van der Waals surface area contributed by atoms with Gasteiger partial charge < -0.3 is 0 Å². The predicted octanol–water partition coefficient (Wildman–Crippen LogP) is 4.68. The molecule has 0 amide bonds. The smallest absolute Gasteiger partial charge is 0.0740 e. The van der Waals surface area contributed by atoms with Crippen LogP contribution in [0, 0.1) is 0 Å². The van der Waals surface area contributed by atoms with E-state index in [1.165, 1.54) is 0 Å². The van der Waals surface area contributed by atoms with Gasteiger partial charge in [0.2, 0.25) is 0 Å². The van der Waals surface area contributed by atoms with Crippen LogP contribution in [0.15, 0.2) is 34.5 Å². The normalized spacial score (nSPS) is 33.4. The lowest BCUT2D eigenvalue weighted by Crippen LogP contribution is -2.05. The molecule has 0 radical (unpaired) electrons. The summed E-state index contributed by atoms with van der Waals surface area (Å²) in [5.41, 5.74) is 0. The van der Waals surface area contributed by atoms with E-state index in [9.17, 15) is 0 Å². The molecule has 1 aliphatic heterocycles. The topological polar surface area (TPSA) is 24.7 Å². The molecular formula is C14H24N2. The number of azo groups is 1. The molecule has 0 aromatic rings. The molecule has 0 aromatic heterocycles. The summed E-state index contributed by atoms with van der Waals surface area (Å²) < 4.78 is 0. The lowest BCUT2D eigenvalue weighted by molar-refractivity contribution is 0.552. The van der Waals surface area contributed by atoms with Crippen molar-refractivity contribution >= 4 is 0 Å². The fraction of sp³-hybridized carbons (Fsp3) is 0.714. The maximum absolute atomic E-state index is 4.47. The van der Waals surface area contributed by atoms with Crippen LogP contribution in [0.25, 0.3) is 0 Å². The van der Waals surface area contributed by atoms with Crippen LogP contribution in [0.4, 0.5) is 0 Å². The van der Waals surface area contributed by atoms with E-state index in [4.69, 9.17) is 0 Å². The lowest BCUT2D eigenvalue weighted by Gasteiger charge is -2.09. The second-order valence-corrected chi connectivity index (χ2v) is 4.35. The van der Waals surface area contributed by atoms with Gasteiger partial charge in [-0.25, -0.2) is 0 Å². The van der Waals surface area contributed by atoms with E-state index < -0.39 is 0 Å². The Labute approximate surface area is 99.5 Å². The van der Waals surface area contributed by atoms with Crippen molar-refractivity contribution in [3.8, 4) is 0 Å². The highest BCUT2D eigenvalue weighted by molar-refractivity contribution is 4.92. The molecule has 90 valence electrons. The van der Waals surface area contributed by atoms with Gasteiger partial charge in [-0.15, -0.1) is 0 Å². The molecule has 0 aliphatic carbocycles. The van der Waals surface area contributed by atoms with Crippen molar-refractivity contribution in [1.82, 2.24) is 0 Å². The molecular weight excluding hydrogens is 196 g/mol. The van der Waals surface area contributed by atoms with Gasteiger partial charge in [0.25, 0.3) is 0 Å². The number of nitrogens with zero attached hydrogens (tertiary/aromatic N) is 2. The average Bonchev–Trinajstić information content (AvgIpc) is 2.30. The van der Waals surface area contributed by atoms with Crippen molar-refractivity contribution < 1.29 is 0 Å². The summed E-state index contributed by atoms with van der Waals surface area (Å²) >= 11 is 0. The third-order valence-corrected chi connectivity index (χ3v) is 2.99. The Hall–Kier alpha value is -0.920. The van der Waals surface area contributed by atoms with Gasteiger partial charge in [-0.3, -0.25) is 0 Å². The highest BCUT2D eigenvalue weighted by atomic mass is 15.1. The Bertz CT molecular complexity index is 227. The molecule has 0 saturated carbocycles. The van der Waals surface area contributed by atoms with E-state index in [0.717, 1.165) is 38.5 Å². The molecule has 2 nitrogen and oxygen atoms in total. The number of hydrogen-bond acceptors (Lipinski definition) is 2. The van der Waals surface area contributed by atoms with E-state index in [2.05, 4.69) is 48.4 Å². The van der Waals surface area contributed by atoms with Crippen LogP contribution < -0.4 is 0 Å². The molecule has 2 atom stereocenters. The molecule has 1 aliphatic rings. The summed E-state index contributed by atoms with van der Waals surface area (Å²) in [4.78, 5) is 0. The van der Waals surface area contributed by atoms with Crippen molar-refractivity contribution in [2.45, 2.75) is 64.5 Å². The molecule has 1 heterocycles. The van der Waals surface area contributed by atoms with E-state index in [1.54, 1.807) is 0 Å². The van der Waals surface area contributed by atoms with Crippen LogP contribution in [0.3, 0.4) is 0 Å². The highest BCUT2D eigenvalue weighted by Crippen LogP contribution is 2.12. The summed E-state index contributed by atoms with van der Waals surface area (Å²) in [5, 5.41) is 8.94. The number of rotatable bonds is 2. The van der Waals surface area contributed by atoms with Crippen molar-refractivity contribution in [3.05, 3.63) is 24.3 Å². The molecule has 2 heteroatoms. The van der Waals surface area contributed by atoms with Crippen molar-refractivity contribution in [2.24, 2.45) is 10.2 Å². The maximum atomic E-state index is 4.47. The van der Waals surface area contributed by atoms with Crippen molar-refractivity contribution in [2.75, 3.05) is 0 Å². The summed E-state index contributed by atoms with van der Waals surface area (Å²) in [7, 11) is 0. The predicted molar refractivity (Wildman–Crippen MR) is 69.8 cm³/mol. The van der Waals surface area contributed by atoms with Gasteiger partial charge in [-0.05, 0) is 38.5 Å². The van der Waals surface area contributed by atoms with Gasteiger partial charge in [0.05, 0.1) is 12.1 Å². The van der Waals surface area contributed by atoms with Gasteiger partial charge in [0, 0.05) is 0 Å². The third-order valence-electron chi connectivity index (χ3n) is 2.99. The van der Waals surface area contributed by atoms with Crippen LogP contribution in [0.2, 0.25) is 0 Å². The molecule has 0 fully saturated rings. The van der Waals surface area contributed by atoms with Crippen LogP contribution in [-0.2, 0) is 0 Å². The second-order valence-electron chi connectivity index (χ2n) is 4.35. The fourth-order valence-electron chi connectivity index (χ4n) is 1.71. The van der Waals surface area contributed by atoms with Gasteiger partial charge >= 0.3 is 0 Å².